The van der Waals surface area contributed by atoms with Crippen LogP contribution in [0.15, 0.2) is 6.20 Å². The number of carbonyl (C=O) groups excluding carboxylic acids is 1. The molecule has 1 aliphatic heterocycles. The van der Waals surface area contributed by atoms with Gasteiger partial charge in [0, 0.05) is 18.8 Å². The third kappa shape index (κ3) is 2.40. The average molecular weight is 261 g/mol. The van der Waals surface area contributed by atoms with Crippen LogP contribution in [0.5, 0.6) is 0 Å². The Bertz CT molecular complexity index is 450. The van der Waals surface area contributed by atoms with Crippen molar-refractivity contribution in [1.29, 1.82) is 0 Å². The highest BCUT2D eigenvalue weighted by molar-refractivity contribution is 5.95. The zero-order valence-corrected chi connectivity index (χ0v) is 11.7. The van der Waals surface area contributed by atoms with Gasteiger partial charge in [-0.05, 0) is 38.0 Å². The highest BCUT2D eigenvalue weighted by atomic mass is 16.2. The number of aromatic amines is 1. The van der Waals surface area contributed by atoms with Crippen LogP contribution in [0.25, 0.3) is 0 Å². The van der Waals surface area contributed by atoms with Gasteiger partial charge in [-0.15, -0.1) is 0 Å². The van der Waals surface area contributed by atoms with Crippen LogP contribution in [-0.2, 0) is 0 Å². The van der Waals surface area contributed by atoms with Crippen molar-refractivity contribution in [3.8, 4) is 0 Å². The van der Waals surface area contributed by atoms with Gasteiger partial charge in [-0.25, -0.2) is 0 Å². The molecule has 2 fully saturated rings. The number of nitrogens with one attached hydrogen (secondary N) is 1. The molecule has 1 amide bonds. The first-order chi connectivity index (χ1) is 9.20. The first-order valence-electron chi connectivity index (χ1n) is 7.49. The maximum atomic E-state index is 12.4. The maximum Gasteiger partial charge on any atom is 0.257 e. The second-order valence-corrected chi connectivity index (χ2v) is 6.26. The van der Waals surface area contributed by atoms with Crippen LogP contribution in [-0.4, -0.2) is 34.1 Å². The van der Waals surface area contributed by atoms with Crippen molar-refractivity contribution in [3.05, 3.63) is 17.5 Å². The zero-order valence-electron chi connectivity index (χ0n) is 11.7. The Labute approximate surface area is 114 Å². The van der Waals surface area contributed by atoms with E-state index in [1.165, 1.54) is 44.9 Å². The number of likely N-dealkylation sites (tertiary alicyclic amines) is 1. The number of nitrogens with zero attached hydrogens (tertiary/aromatic N) is 2. The zero-order chi connectivity index (χ0) is 13.3. The Morgan fingerprint density at radius 1 is 1.21 bits per heavy atom. The molecule has 1 saturated carbocycles. The number of aromatic nitrogens is 2. The van der Waals surface area contributed by atoms with E-state index in [0.29, 0.717) is 5.41 Å². The molecule has 104 valence electrons. The molecule has 1 saturated heterocycles. The minimum absolute atomic E-state index is 0.150. The summed E-state index contributed by atoms with van der Waals surface area (Å²) in [5.74, 6) is 0.150. The van der Waals surface area contributed by atoms with Crippen molar-refractivity contribution in [3.63, 3.8) is 0 Å². The van der Waals surface area contributed by atoms with Crippen LogP contribution in [0.1, 0.15) is 61.0 Å². The van der Waals surface area contributed by atoms with Gasteiger partial charge in [0.25, 0.3) is 5.91 Å². The molecule has 2 heterocycles. The van der Waals surface area contributed by atoms with Gasteiger partial charge in [-0.1, -0.05) is 19.3 Å². The molecule has 0 bridgehead atoms. The lowest BCUT2D eigenvalue weighted by molar-refractivity contribution is 0.0471. The van der Waals surface area contributed by atoms with Crippen LogP contribution in [0, 0.1) is 12.3 Å². The standard InChI is InChI=1S/C15H23N3O/c1-12-13(11-16-17-12)14(19)18-9-7-15(8-10-18)5-3-2-4-6-15/h11H,2-10H2,1H3,(H,16,17). The van der Waals surface area contributed by atoms with Gasteiger partial charge in [0.05, 0.1) is 11.8 Å². The van der Waals surface area contributed by atoms with Crippen LogP contribution in [0.2, 0.25) is 0 Å². The summed E-state index contributed by atoms with van der Waals surface area (Å²) in [5, 5.41) is 6.80. The van der Waals surface area contributed by atoms with Gasteiger partial charge in [-0.3, -0.25) is 9.89 Å². The number of hydrogen-bond donors (Lipinski definition) is 1. The number of amides is 1. The van der Waals surface area contributed by atoms with Crippen LogP contribution in [0.4, 0.5) is 0 Å². The minimum atomic E-state index is 0.150. The summed E-state index contributed by atoms with van der Waals surface area (Å²) in [4.78, 5) is 14.4. The average Bonchev–Trinajstić information content (AvgIpc) is 2.86. The molecule has 1 aromatic heterocycles. The molecule has 0 aromatic carbocycles. The van der Waals surface area contributed by atoms with Gasteiger partial charge < -0.3 is 4.90 Å². The van der Waals surface area contributed by atoms with E-state index >= 15 is 0 Å². The number of hydrogen-bond acceptors (Lipinski definition) is 2. The summed E-state index contributed by atoms with van der Waals surface area (Å²) < 4.78 is 0. The molecular formula is C15H23N3O. The van der Waals surface area contributed by atoms with E-state index in [1.807, 2.05) is 11.8 Å². The Hall–Kier alpha value is -1.32. The molecule has 4 heteroatoms. The van der Waals surface area contributed by atoms with Crippen LogP contribution in [0.3, 0.4) is 0 Å². The van der Waals surface area contributed by atoms with Crippen LogP contribution >= 0.6 is 0 Å². The predicted molar refractivity (Wildman–Crippen MR) is 74.0 cm³/mol. The van der Waals surface area contributed by atoms with Crippen molar-refractivity contribution in [1.82, 2.24) is 15.1 Å². The van der Waals surface area contributed by atoms with Gasteiger partial charge in [0.15, 0.2) is 0 Å². The van der Waals surface area contributed by atoms with Crippen molar-refractivity contribution in [2.24, 2.45) is 5.41 Å². The summed E-state index contributed by atoms with van der Waals surface area (Å²) in [6.45, 7) is 3.75. The largest absolute Gasteiger partial charge is 0.339 e. The van der Waals surface area contributed by atoms with Gasteiger partial charge in [0.1, 0.15) is 0 Å². The van der Waals surface area contributed by atoms with E-state index in [2.05, 4.69) is 10.2 Å². The molecule has 0 atom stereocenters. The lowest BCUT2D eigenvalue weighted by Gasteiger charge is -2.44. The van der Waals surface area contributed by atoms with Crippen molar-refractivity contribution in [2.45, 2.75) is 51.9 Å². The lowest BCUT2D eigenvalue weighted by atomic mass is 9.68. The van der Waals surface area contributed by atoms with Crippen LogP contribution < -0.4 is 0 Å². The third-order valence-electron chi connectivity index (χ3n) is 5.09. The Morgan fingerprint density at radius 3 is 2.47 bits per heavy atom. The number of carbonyl (C=O) groups is 1. The summed E-state index contributed by atoms with van der Waals surface area (Å²) >= 11 is 0. The Morgan fingerprint density at radius 2 is 1.89 bits per heavy atom. The fourth-order valence-electron chi connectivity index (χ4n) is 3.72. The maximum absolute atomic E-state index is 12.4. The molecular weight excluding hydrogens is 238 g/mol. The highest BCUT2D eigenvalue weighted by Gasteiger charge is 2.37. The fourth-order valence-corrected chi connectivity index (χ4v) is 3.72. The summed E-state index contributed by atoms with van der Waals surface area (Å²) in [5.41, 5.74) is 2.17. The van der Waals surface area contributed by atoms with Crippen molar-refractivity contribution in [2.75, 3.05) is 13.1 Å². The summed E-state index contributed by atoms with van der Waals surface area (Å²) in [7, 11) is 0. The van der Waals surface area contributed by atoms with E-state index in [4.69, 9.17) is 0 Å². The SMILES string of the molecule is Cc1[nH]ncc1C(=O)N1CCC2(CCCCC2)CC1. The molecule has 2 aliphatic rings. The van der Waals surface area contributed by atoms with E-state index in [1.54, 1.807) is 6.20 Å². The second-order valence-electron chi connectivity index (χ2n) is 6.26. The molecule has 1 aliphatic carbocycles. The number of piperidine rings is 1. The van der Waals surface area contributed by atoms with E-state index in [0.717, 1.165) is 24.3 Å². The quantitative estimate of drug-likeness (QED) is 0.845. The number of rotatable bonds is 1. The molecule has 0 unspecified atom stereocenters. The Kier molecular flexibility index (Phi) is 3.33. The molecule has 1 N–H and O–H groups in total. The molecule has 4 nitrogen and oxygen atoms in total. The number of aryl methyl sites for hydroxylation is 1. The first-order valence-corrected chi connectivity index (χ1v) is 7.49. The fraction of sp³-hybridized carbons (Fsp3) is 0.733. The smallest absolute Gasteiger partial charge is 0.257 e. The first kappa shape index (κ1) is 12.7. The van der Waals surface area contributed by atoms with Crippen molar-refractivity contribution >= 4 is 5.91 Å². The molecule has 3 rings (SSSR count). The predicted octanol–water partition coefficient (Wildman–Crippen LogP) is 2.90. The Balaban J connectivity index is 1.64. The highest BCUT2D eigenvalue weighted by Crippen LogP contribution is 2.44. The van der Waals surface area contributed by atoms with Crippen molar-refractivity contribution < 1.29 is 4.79 Å². The van der Waals surface area contributed by atoms with Gasteiger partial charge >= 0.3 is 0 Å². The van der Waals surface area contributed by atoms with E-state index < -0.39 is 0 Å². The van der Waals surface area contributed by atoms with E-state index in [9.17, 15) is 4.79 Å². The normalized spacial score (nSPS) is 22.7. The monoisotopic (exact) mass is 261 g/mol. The third-order valence-corrected chi connectivity index (χ3v) is 5.09. The summed E-state index contributed by atoms with van der Waals surface area (Å²) in [6.07, 6.45) is 11.0. The molecule has 1 spiro atoms. The molecule has 19 heavy (non-hydrogen) atoms. The summed E-state index contributed by atoms with van der Waals surface area (Å²) in [6, 6.07) is 0. The van der Waals surface area contributed by atoms with E-state index in [-0.39, 0.29) is 5.91 Å². The van der Waals surface area contributed by atoms with Gasteiger partial charge in [0.2, 0.25) is 0 Å². The minimum Gasteiger partial charge on any atom is -0.339 e. The molecule has 0 radical (unpaired) electrons. The lowest BCUT2D eigenvalue weighted by Crippen LogP contribution is -2.44. The second kappa shape index (κ2) is 4.99. The number of H-pyrrole nitrogens is 1. The topological polar surface area (TPSA) is 49.0 Å². The van der Waals surface area contributed by atoms with Gasteiger partial charge in [-0.2, -0.15) is 5.10 Å². The molecule has 1 aromatic rings.